The Labute approximate surface area is 220 Å². The van der Waals surface area contributed by atoms with Gasteiger partial charge in [-0.1, -0.05) is 212 Å². The summed E-state index contributed by atoms with van der Waals surface area (Å²) in [5, 5.41) is 0. The minimum absolute atomic E-state index is 0.0358. The predicted molar refractivity (Wildman–Crippen MR) is 162 cm³/mol. The van der Waals surface area contributed by atoms with Gasteiger partial charge in [0.25, 0.3) is 0 Å². The zero-order valence-corrected chi connectivity index (χ0v) is 25.7. The molecule has 0 aliphatic rings. The van der Waals surface area contributed by atoms with Crippen molar-refractivity contribution in [2.45, 2.75) is 212 Å². The van der Waals surface area contributed by atoms with Crippen LogP contribution in [-0.2, 0) is 0 Å². The van der Waals surface area contributed by atoms with Crippen LogP contribution in [0.1, 0.15) is 193 Å². The standard InChI is InChI=1S/C33H69Si/c1-4-5-6-7-8-9-10-11-12-13-14-15-16-17-18-19-20-21-22-23-24-25-26-27-28-29-30-31-32-33-34(2)3/h4-33H2,1-3H3. The average molecular weight is 494 g/mol. The molecular weight excluding hydrogens is 424 g/mol. The fourth-order valence-electron chi connectivity index (χ4n) is 5.32. The van der Waals surface area contributed by atoms with E-state index in [1.54, 1.807) is 0 Å². The van der Waals surface area contributed by atoms with Crippen LogP contribution >= 0.6 is 0 Å². The molecule has 0 unspecified atom stereocenters. The van der Waals surface area contributed by atoms with Crippen LogP contribution in [-0.4, -0.2) is 8.80 Å². The Kier molecular flexibility index (Phi) is 31.4. The Hall–Kier alpha value is 0.217. The molecule has 0 saturated heterocycles. The lowest BCUT2D eigenvalue weighted by atomic mass is 10.0. The minimum Gasteiger partial charge on any atom is -0.0713 e. The number of hydrogen-bond acceptors (Lipinski definition) is 0. The van der Waals surface area contributed by atoms with Crippen molar-refractivity contribution >= 4 is 8.80 Å². The highest BCUT2D eigenvalue weighted by molar-refractivity contribution is 6.55. The summed E-state index contributed by atoms with van der Waals surface area (Å²) in [6.07, 6.45) is 43.1. The highest BCUT2D eigenvalue weighted by Gasteiger charge is 1.98. The van der Waals surface area contributed by atoms with Crippen LogP contribution in [0.4, 0.5) is 0 Å². The average Bonchev–Trinajstić information content (AvgIpc) is 2.83. The van der Waals surface area contributed by atoms with Crippen LogP contribution in [0.3, 0.4) is 0 Å². The van der Waals surface area contributed by atoms with Gasteiger partial charge in [-0.3, -0.25) is 0 Å². The van der Waals surface area contributed by atoms with E-state index < -0.39 is 0 Å². The van der Waals surface area contributed by atoms with E-state index in [2.05, 4.69) is 20.0 Å². The summed E-state index contributed by atoms with van der Waals surface area (Å²) >= 11 is 0. The van der Waals surface area contributed by atoms with Gasteiger partial charge < -0.3 is 0 Å². The summed E-state index contributed by atoms with van der Waals surface area (Å²) in [6.45, 7) is 7.21. The molecule has 0 atom stereocenters. The first-order valence-electron chi connectivity index (χ1n) is 16.6. The van der Waals surface area contributed by atoms with Gasteiger partial charge in [-0.2, -0.15) is 0 Å². The zero-order valence-electron chi connectivity index (χ0n) is 24.7. The van der Waals surface area contributed by atoms with E-state index in [4.69, 9.17) is 0 Å². The highest BCUT2D eigenvalue weighted by atomic mass is 28.3. The van der Waals surface area contributed by atoms with Gasteiger partial charge in [-0.15, -0.1) is 0 Å². The van der Waals surface area contributed by atoms with Gasteiger partial charge in [-0.05, 0) is 0 Å². The third-order valence-electron chi connectivity index (χ3n) is 7.78. The van der Waals surface area contributed by atoms with Crippen molar-refractivity contribution in [2.75, 3.05) is 0 Å². The Balaban J connectivity index is 3.00. The molecule has 0 aromatic carbocycles. The molecule has 0 fully saturated rings. The maximum Gasteiger partial charge on any atom is 0.0412 e. The van der Waals surface area contributed by atoms with Gasteiger partial charge in [-0.25, -0.2) is 0 Å². The highest BCUT2D eigenvalue weighted by Crippen LogP contribution is 2.16. The Morgan fingerprint density at radius 2 is 0.441 bits per heavy atom. The van der Waals surface area contributed by atoms with Crippen LogP contribution in [0.5, 0.6) is 0 Å². The molecule has 0 rings (SSSR count). The predicted octanol–water partition coefficient (Wildman–Crippen LogP) is 13.1. The second kappa shape index (κ2) is 31.2. The second-order valence-electron chi connectivity index (χ2n) is 11.9. The largest absolute Gasteiger partial charge is 0.0713 e. The van der Waals surface area contributed by atoms with E-state index in [1.807, 2.05) is 0 Å². The lowest BCUT2D eigenvalue weighted by molar-refractivity contribution is 0.514. The molecule has 1 radical (unpaired) electrons. The SMILES string of the molecule is CCCCCCCCCCCCCCCCCCCCCCCCCCCCCCC[Si](C)C. The molecule has 0 aromatic rings. The van der Waals surface area contributed by atoms with Crippen molar-refractivity contribution in [3.05, 3.63) is 0 Å². The molecule has 0 heterocycles. The van der Waals surface area contributed by atoms with E-state index in [9.17, 15) is 0 Å². The van der Waals surface area contributed by atoms with Gasteiger partial charge >= 0.3 is 0 Å². The summed E-state index contributed by atoms with van der Waals surface area (Å²) in [5.41, 5.74) is 0. The lowest BCUT2D eigenvalue weighted by Crippen LogP contribution is -1.97. The van der Waals surface area contributed by atoms with Crippen molar-refractivity contribution in [3.63, 3.8) is 0 Å². The number of rotatable bonds is 30. The molecule has 0 aromatic heterocycles. The molecular formula is C33H69Si. The summed E-state index contributed by atoms with van der Waals surface area (Å²) in [4.78, 5) is 0. The Bertz CT molecular complexity index is 337. The second-order valence-corrected chi connectivity index (χ2v) is 14.8. The normalized spacial score (nSPS) is 11.6. The van der Waals surface area contributed by atoms with Crippen molar-refractivity contribution in [2.24, 2.45) is 0 Å². The number of unbranched alkanes of at least 4 members (excludes halogenated alkanes) is 28. The first-order chi connectivity index (χ1) is 16.8. The lowest BCUT2D eigenvalue weighted by Gasteiger charge is -2.05. The van der Waals surface area contributed by atoms with E-state index in [-0.39, 0.29) is 8.80 Å². The topological polar surface area (TPSA) is 0 Å². The molecule has 0 saturated carbocycles. The van der Waals surface area contributed by atoms with Gasteiger partial charge in [0, 0.05) is 8.80 Å². The third kappa shape index (κ3) is 32.2. The first kappa shape index (κ1) is 34.2. The first-order valence-corrected chi connectivity index (χ1v) is 19.3. The van der Waals surface area contributed by atoms with Crippen LogP contribution in [0.2, 0.25) is 19.1 Å². The fourth-order valence-corrected chi connectivity index (χ4v) is 6.28. The molecule has 0 aliphatic heterocycles. The van der Waals surface area contributed by atoms with Crippen LogP contribution in [0.15, 0.2) is 0 Å². The molecule has 0 aliphatic carbocycles. The molecule has 205 valence electrons. The quantitative estimate of drug-likeness (QED) is 0.0689. The molecule has 1 heteroatoms. The van der Waals surface area contributed by atoms with Crippen LogP contribution in [0, 0.1) is 0 Å². The minimum atomic E-state index is 0.0358. The fraction of sp³-hybridized carbons (Fsp3) is 1.00. The molecule has 0 bridgehead atoms. The van der Waals surface area contributed by atoms with E-state index in [0.29, 0.717) is 0 Å². The summed E-state index contributed by atoms with van der Waals surface area (Å²) in [7, 11) is 0.0358. The van der Waals surface area contributed by atoms with Gasteiger partial charge in [0.1, 0.15) is 0 Å². The van der Waals surface area contributed by atoms with Gasteiger partial charge in [0.15, 0.2) is 0 Å². The monoisotopic (exact) mass is 494 g/mol. The van der Waals surface area contributed by atoms with E-state index >= 15 is 0 Å². The Morgan fingerprint density at radius 3 is 0.618 bits per heavy atom. The summed E-state index contributed by atoms with van der Waals surface area (Å²) < 4.78 is 0. The maximum absolute atomic E-state index is 2.45. The number of hydrogen-bond donors (Lipinski definition) is 0. The maximum atomic E-state index is 2.45. The molecule has 0 spiro atoms. The molecule has 0 amide bonds. The summed E-state index contributed by atoms with van der Waals surface area (Å²) in [6, 6.07) is 1.53. The van der Waals surface area contributed by atoms with E-state index in [1.165, 1.54) is 192 Å². The molecule has 0 N–H and O–H groups in total. The summed E-state index contributed by atoms with van der Waals surface area (Å²) in [5.74, 6) is 0. The molecule has 34 heavy (non-hydrogen) atoms. The van der Waals surface area contributed by atoms with Crippen molar-refractivity contribution in [1.82, 2.24) is 0 Å². The van der Waals surface area contributed by atoms with Gasteiger partial charge in [0.2, 0.25) is 0 Å². The zero-order chi connectivity index (χ0) is 24.8. The van der Waals surface area contributed by atoms with Crippen molar-refractivity contribution in [1.29, 1.82) is 0 Å². The van der Waals surface area contributed by atoms with E-state index in [0.717, 1.165) is 0 Å². The molecule has 0 nitrogen and oxygen atoms in total. The van der Waals surface area contributed by atoms with Gasteiger partial charge in [0.05, 0.1) is 0 Å². The third-order valence-corrected chi connectivity index (χ3v) is 9.13. The van der Waals surface area contributed by atoms with Crippen LogP contribution < -0.4 is 0 Å². The van der Waals surface area contributed by atoms with Crippen molar-refractivity contribution < 1.29 is 0 Å². The Morgan fingerprint density at radius 1 is 0.265 bits per heavy atom. The van der Waals surface area contributed by atoms with Crippen molar-refractivity contribution in [3.8, 4) is 0 Å². The van der Waals surface area contributed by atoms with Crippen LogP contribution in [0.25, 0.3) is 0 Å². The smallest absolute Gasteiger partial charge is 0.0412 e.